The first-order valence-electron chi connectivity index (χ1n) is 5.85. The lowest BCUT2D eigenvalue weighted by Crippen LogP contribution is -2.18. The van der Waals surface area contributed by atoms with Gasteiger partial charge in [0.2, 0.25) is 5.91 Å². The monoisotopic (exact) mass is 272 g/mol. The Morgan fingerprint density at radius 3 is 2.89 bits per heavy atom. The molecule has 0 saturated carbocycles. The molecule has 2 aromatic rings. The minimum absolute atomic E-state index is 0.0336. The molecule has 2 heterocycles. The third-order valence-corrected chi connectivity index (χ3v) is 3.90. The van der Waals surface area contributed by atoms with Gasteiger partial charge in [0.1, 0.15) is 5.82 Å². The second kappa shape index (κ2) is 4.89. The van der Waals surface area contributed by atoms with E-state index in [1.807, 2.05) is 30.3 Å². The zero-order valence-electron chi connectivity index (χ0n) is 10.3. The van der Waals surface area contributed by atoms with Crippen LogP contribution in [0.1, 0.15) is 0 Å². The number of amides is 1. The molecule has 0 aliphatic carbocycles. The van der Waals surface area contributed by atoms with E-state index in [-0.39, 0.29) is 5.91 Å². The second-order valence-corrected chi connectivity index (χ2v) is 5.12. The number of fused-ring (bicyclic) bond motifs is 1. The number of hydrogen-bond donors (Lipinski definition) is 2. The Morgan fingerprint density at radius 2 is 2.16 bits per heavy atom. The molecule has 0 atom stereocenters. The Morgan fingerprint density at radius 1 is 1.26 bits per heavy atom. The van der Waals surface area contributed by atoms with Crippen LogP contribution in [0.25, 0.3) is 11.3 Å². The fraction of sp³-hybridized carbons (Fsp3) is 0.154. The molecule has 0 saturated heterocycles. The summed E-state index contributed by atoms with van der Waals surface area (Å²) in [5.41, 5.74) is 2.57. The lowest BCUT2D eigenvalue weighted by atomic mass is 10.1. The van der Waals surface area contributed by atoms with Crippen molar-refractivity contribution in [2.45, 2.75) is 4.90 Å². The summed E-state index contributed by atoms with van der Waals surface area (Å²) in [5, 5.41) is 14.0. The normalized spacial score (nSPS) is 13.6. The Bertz CT molecular complexity index is 627. The van der Waals surface area contributed by atoms with E-state index >= 15 is 0 Å². The van der Waals surface area contributed by atoms with Crippen LogP contribution in [-0.4, -0.2) is 28.9 Å². The van der Waals surface area contributed by atoms with Crippen LogP contribution in [0.15, 0.2) is 35.2 Å². The third kappa shape index (κ3) is 2.39. The molecule has 1 amide bonds. The van der Waals surface area contributed by atoms with Gasteiger partial charge >= 0.3 is 0 Å². The highest BCUT2D eigenvalue weighted by Gasteiger charge is 2.16. The van der Waals surface area contributed by atoms with E-state index in [4.69, 9.17) is 0 Å². The number of carbonyl (C=O) groups is 1. The van der Waals surface area contributed by atoms with Gasteiger partial charge in [0, 0.05) is 17.5 Å². The van der Waals surface area contributed by atoms with E-state index in [0.29, 0.717) is 5.75 Å². The molecule has 6 heteroatoms. The van der Waals surface area contributed by atoms with Crippen molar-refractivity contribution in [3.05, 3.63) is 30.3 Å². The van der Waals surface area contributed by atoms with Crippen molar-refractivity contribution in [1.29, 1.82) is 0 Å². The van der Waals surface area contributed by atoms with E-state index < -0.39 is 0 Å². The van der Waals surface area contributed by atoms with Crippen LogP contribution in [0, 0.1) is 0 Å². The molecule has 1 aliphatic rings. The number of thioether (sulfide) groups is 1. The predicted octanol–water partition coefficient (Wildman–Crippen LogP) is 2.23. The maximum absolute atomic E-state index is 11.4. The molecular weight excluding hydrogens is 260 g/mol. The van der Waals surface area contributed by atoms with Gasteiger partial charge in [-0.05, 0) is 24.3 Å². The average molecular weight is 272 g/mol. The molecule has 1 aromatic carbocycles. The number of nitrogens with zero attached hydrogens (tertiary/aromatic N) is 2. The van der Waals surface area contributed by atoms with E-state index in [1.54, 1.807) is 18.8 Å². The summed E-state index contributed by atoms with van der Waals surface area (Å²) < 4.78 is 0. The largest absolute Gasteiger partial charge is 0.372 e. The van der Waals surface area contributed by atoms with Crippen LogP contribution in [0.4, 0.5) is 11.5 Å². The molecule has 0 unspecified atom stereocenters. The van der Waals surface area contributed by atoms with E-state index in [0.717, 1.165) is 27.7 Å². The summed E-state index contributed by atoms with van der Waals surface area (Å²) in [5.74, 6) is 1.24. The average Bonchev–Trinajstić information content (AvgIpc) is 2.46. The number of rotatable bonds is 2. The van der Waals surface area contributed by atoms with E-state index in [2.05, 4.69) is 20.8 Å². The topological polar surface area (TPSA) is 66.9 Å². The Labute approximate surface area is 114 Å². The molecule has 3 rings (SSSR count). The molecule has 1 aromatic heterocycles. The third-order valence-electron chi connectivity index (χ3n) is 2.83. The minimum Gasteiger partial charge on any atom is -0.372 e. The van der Waals surface area contributed by atoms with Crippen LogP contribution >= 0.6 is 11.8 Å². The summed E-state index contributed by atoms with van der Waals surface area (Å²) in [6, 6.07) is 9.70. The van der Waals surface area contributed by atoms with Crippen molar-refractivity contribution in [3.63, 3.8) is 0 Å². The Hall–Kier alpha value is -2.08. The van der Waals surface area contributed by atoms with Crippen LogP contribution in [-0.2, 0) is 4.79 Å². The molecule has 0 spiro atoms. The molecule has 0 radical (unpaired) electrons. The number of aromatic nitrogens is 2. The smallest absolute Gasteiger partial charge is 0.234 e. The number of anilines is 2. The summed E-state index contributed by atoms with van der Waals surface area (Å²) in [4.78, 5) is 12.5. The molecule has 96 valence electrons. The van der Waals surface area contributed by atoms with Crippen molar-refractivity contribution in [2.24, 2.45) is 0 Å². The Kier molecular flexibility index (Phi) is 3.08. The lowest BCUT2D eigenvalue weighted by molar-refractivity contribution is -0.113. The summed E-state index contributed by atoms with van der Waals surface area (Å²) in [6.45, 7) is 0. The number of nitrogens with one attached hydrogen (secondary N) is 2. The summed E-state index contributed by atoms with van der Waals surface area (Å²) in [6.07, 6.45) is 0. The van der Waals surface area contributed by atoms with Crippen LogP contribution in [0.5, 0.6) is 0 Å². The van der Waals surface area contributed by atoms with Gasteiger partial charge in [0.05, 0.1) is 17.1 Å². The summed E-state index contributed by atoms with van der Waals surface area (Å²) in [7, 11) is 1.80. The SMILES string of the molecule is CNc1ccc(-c2ccc3c(c2)NC(=O)CS3)nn1. The van der Waals surface area contributed by atoms with Gasteiger partial charge in [-0.2, -0.15) is 0 Å². The molecule has 19 heavy (non-hydrogen) atoms. The first kappa shape index (κ1) is 12.0. The van der Waals surface area contributed by atoms with Gasteiger partial charge in [-0.3, -0.25) is 4.79 Å². The van der Waals surface area contributed by atoms with Crippen LogP contribution in [0.3, 0.4) is 0 Å². The van der Waals surface area contributed by atoms with E-state index in [1.165, 1.54) is 0 Å². The fourth-order valence-corrected chi connectivity index (χ4v) is 2.65. The second-order valence-electron chi connectivity index (χ2n) is 4.10. The number of carbonyl (C=O) groups excluding carboxylic acids is 1. The first-order valence-corrected chi connectivity index (χ1v) is 6.83. The van der Waals surface area contributed by atoms with Crippen molar-refractivity contribution >= 4 is 29.2 Å². The molecule has 5 nitrogen and oxygen atoms in total. The highest BCUT2D eigenvalue weighted by molar-refractivity contribution is 8.00. The minimum atomic E-state index is 0.0336. The number of hydrogen-bond acceptors (Lipinski definition) is 5. The van der Waals surface area contributed by atoms with Crippen molar-refractivity contribution < 1.29 is 4.79 Å². The maximum Gasteiger partial charge on any atom is 0.234 e. The van der Waals surface area contributed by atoms with Gasteiger partial charge < -0.3 is 10.6 Å². The van der Waals surface area contributed by atoms with Crippen LogP contribution in [0.2, 0.25) is 0 Å². The molecule has 1 aliphatic heterocycles. The fourth-order valence-electron chi connectivity index (χ4n) is 1.86. The summed E-state index contributed by atoms with van der Waals surface area (Å²) >= 11 is 1.55. The molecule has 0 bridgehead atoms. The van der Waals surface area contributed by atoms with Gasteiger partial charge in [-0.1, -0.05) is 6.07 Å². The molecular formula is C13H12N4OS. The molecule has 0 fully saturated rings. The highest BCUT2D eigenvalue weighted by Crippen LogP contribution is 2.34. The van der Waals surface area contributed by atoms with Crippen molar-refractivity contribution in [2.75, 3.05) is 23.4 Å². The lowest BCUT2D eigenvalue weighted by Gasteiger charge is -2.16. The zero-order valence-corrected chi connectivity index (χ0v) is 11.1. The standard InChI is InChI=1S/C13H12N4OS/c1-14-12-5-3-9(16-17-12)8-2-4-11-10(6-8)15-13(18)7-19-11/h2-6H,7H2,1H3,(H,14,17)(H,15,18). The van der Waals surface area contributed by atoms with Gasteiger partial charge in [0.15, 0.2) is 0 Å². The van der Waals surface area contributed by atoms with Gasteiger partial charge in [-0.25, -0.2) is 0 Å². The Balaban J connectivity index is 1.96. The predicted molar refractivity (Wildman–Crippen MR) is 76.4 cm³/mol. The quantitative estimate of drug-likeness (QED) is 0.877. The highest BCUT2D eigenvalue weighted by atomic mass is 32.2. The van der Waals surface area contributed by atoms with Crippen molar-refractivity contribution in [1.82, 2.24) is 10.2 Å². The molecule has 2 N–H and O–H groups in total. The van der Waals surface area contributed by atoms with Gasteiger partial charge in [-0.15, -0.1) is 22.0 Å². The zero-order chi connectivity index (χ0) is 13.2. The van der Waals surface area contributed by atoms with Gasteiger partial charge in [0.25, 0.3) is 0 Å². The maximum atomic E-state index is 11.4. The number of benzene rings is 1. The van der Waals surface area contributed by atoms with Crippen LogP contribution < -0.4 is 10.6 Å². The van der Waals surface area contributed by atoms with E-state index in [9.17, 15) is 4.79 Å². The first-order chi connectivity index (χ1) is 9.26. The van der Waals surface area contributed by atoms with Crippen molar-refractivity contribution in [3.8, 4) is 11.3 Å².